The summed E-state index contributed by atoms with van der Waals surface area (Å²) in [6, 6.07) is 15.0. The number of halogens is 1. The van der Waals surface area contributed by atoms with Crippen molar-refractivity contribution < 1.29 is 14.3 Å². The van der Waals surface area contributed by atoms with Crippen molar-refractivity contribution >= 4 is 34.8 Å². The fraction of sp³-hybridized carbons (Fsp3) is 0.387. The van der Waals surface area contributed by atoms with Crippen LogP contribution in [0, 0.1) is 0 Å². The molecule has 3 heterocycles. The summed E-state index contributed by atoms with van der Waals surface area (Å²) in [5.41, 5.74) is 16.3. The number of pyridine rings is 1. The maximum Gasteiger partial charge on any atom is 0.256 e. The van der Waals surface area contributed by atoms with Crippen molar-refractivity contribution in [3.63, 3.8) is 0 Å². The number of benzene rings is 2. The molecular formula is C31H37ClN6O3. The van der Waals surface area contributed by atoms with Gasteiger partial charge in [0, 0.05) is 67.3 Å². The quantitative estimate of drug-likeness (QED) is 0.413. The number of hydrogen-bond acceptors (Lipinski definition) is 7. The molecule has 2 aliphatic heterocycles. The Kier molecular flexibility index (Phi) is 8.65. The Labute approximate surface area is 246 Å². The van der Waals surface area contributed by atoms with Gasteiger partial charge in [-0.1, -0.05) is 24.6 Å². The number of rotatable bonds is 8. The molecule has 3 aromatic rings. The number of ether oxygens (including phenoxy) is 1. The lowest BCUT2D eigenvalue weighted by Gasteiger charge is -2.43. The van der Waals surface area contributed by atoms with Gasteiger partial charge in [-0.25, -0.2) is 4.98 Å². The molecule has 1 aromatic heterocycles. The molecule has 2 aliphatic rings. The summed E-state index contributed by atoms with van der Waals surface area (Å²) >= 11 is 6.33. The molecule has 216 valence electrons. The van der Waals surface area contributed by atoms with E-state index in [0.717, 1.165) is 41.9 Å². The molecule has 2 saturated heterocycles. The number of piperazine rings is 1. The van der Waals surface area contributed by atoms with Gasteiger partial charge < -0.3 is 30.9 Å². The molecule has 2 aromatic carbocycles. The number of hydrogen-bond donors (Lipinski definition) is 2. The Hall–Kier alpha value is -3.82. The maximum absolute atomic E-state index is 13.9. The highest BCUT2D eigenvalue weighted by Gasteiger charge is 2.33. The average Bonchev–Trinajstić information content (AvgIpc) is 3.42. The van der Waals surface area contributed by atoms with Crippen molar-refractivity contribution in [3.05, 3.63) is 70.9 Å². The molecule has 2 atom stereocenters. The molecule has 0 unspecified atom stereocenters. The number of primary amides is 1. The van der Waals surface area contributed by atoms with Gasteiger partial charge in [0.15, 0.2) is 0 Å². The molecule has 41 heavy (non-hydrogen) atoms. The second-order valence-electron chi connectivity index (χ2n) is 10.5. The van der Waals surface area contributed by atoms with E-state index in [4.69, 9.17) is 27.8 Å². The summed E-state index contributed by atoms with van der Waals surface area (Å²) in [5.74, 6) is -0.0263. The average molecular weight is 577 g/mol. The van der Waals surface area contributed by atoms with Crippen LogP contribution < -0.4 is 26.0 Å². The summed E-state index contributed by atoms with van der Waals surface area (Å²) in [6.45, 7) is 7.57. The Morgan fingerprint density at radius 2 is 1.85 bits per heavy atom. The number of anilines is 2. The summed E-state index contributed by atoms with van der Waals surface area (Å²) in [4.78, 5) is 37.1. The first-order valence-electron chi connectivity index (χ1n) is 14.2. The van der Waals surface area contributed by atoms with E-state index in [1.165, 1.54) is 0 Å². The molecule has 0 aliphatic carbocycles. The van der Waals surface area contributed by atoms with Crippen LogP contribution in [-0.2, 0) is 0 Å². The minimum Gasteiger partial charge on any atom is -0.478 e. The van der Waals surface area contributed by atoms with Crippen molar-refractivity contribution in [2.45, 2.75) is 38.8 Å². The Balaban J connectivity index is 1.40. The van der Waals surface area contributed by atoms with Crippen molar-refractivity contribution in [1.82, 2.24) is 9.88 Å². The first-order chi connectivity index (χ1) is 19.8. The topological polar surface area (TPSA) is 118 Å². The Morgan fingerprint density at radius 3 is 2.56 bits per heavy atom. The zero-order chi connectivity index (χ0) is 29.1. The van der Waals surface area contributed by atoms with E-state index in [1.54, 1.807) is 12.3 Å². The Bertz CT molecular complexity index is 1430. The third-order valence-corrected chi connectivity index (χ3v) is 8.17. The summed E-state index contributed by atoms with van der Waals surface area (Å²) in [6.07, 6.45) is 3.35. The van der Waals surface area contributed by atoms with Crippen LogP contribution in [0.3, 0.4) is 0 Å². The van der Waals surface area contributed by atoms with Gasteiger partial charge in [-0.15, -0.1) is 0 Å². The van der Waals surface area contributed by atoms with Crippen LogP contribution >= 0.6 is 11.6 Å². The fourth-order valence-corrected chi connectivity index (χ4v) is 6.01. The van der Waals surface area contributed by atoms with Crippen LogP contribution in [0.4, 0.5) is 11.4 Å². The fourth-order valence-electron chi connectivity index (χ4n) is 5.84. The standard InChI is InChI=1S/C31H37ClN6O3/c1-3-23-19-37(31(40)25-9-8-21(32)17-28(25)36-13-11-22(33)18-36)14-15-38(23)27-10-7-20(16-26(27)29(34)39)24-6-5-12-35-30(24)41-4-2/h5-10,12,16-17,22-23H,3-4,11,13-15,18-19,33H2,1-2H3,(H2,34,39)/t22-,23+/m0/s1. The molecule has 5 rings (SSSR count). The number of aromatic nitrogens is 1. The van der Waals surface area contributed by atoms with E-state index in [1.807, 2.05) is 54.3 Å². The summed E-state index contributed by atoms with van der Waals surface area (Å²) in [7, 11) is 0. The normalized spacial score (nSPS) is 19.0. The van der Waals surface area contributed by atoms with E-state index in [2.05, 4.69) is 21.7 Å². The predicted molar refractivity (Wildman–Crippen MR) is 163 cm³/mol. The van der Waals surface area contributed by atoms with Crippen LogP contribution in [0.25, 0.3) is 11.1 Å². The van der Waals surface area contributed by atoms with Gasteiger partial charge in [0.05, 0.1) is 23.4 Å². The van der Waals surface area contributed by atoms with Crippen LogP contribution in [0.1, 0.15) is 47.4 Å². The second-order valence-corrected chi connectivity index (χ2v) is 11.0. The SMILES string of the molecule is CCOc1ncccc1-c1ccc(N2CCN(C(=O)c3ccc(Cl)cc3N3CC[C@H](N)C3)C[C@H]2CC)c(C(N)=O)c1. The molecule has 4 N–H and O–H groups in total. The number of carbonyl (C=O) groups excluding carboxylic acids is 2. The van der Waals surface area contributed by atoms with Gasteiger partial charge in [0.2, 0.25) is 5.88 Å². The van der Waals surface area contributed by atoms with E-state index < -0.39 is 5.91 Å². The monoisotopic (exact) mass is 576 g/mol. The largest absolute Gasteiger partial charge is 0.478 e. The Morgan fingerprint density at radius 1 is 1.02 bits per heavy atom. The first-order valence-corrected chi connectivity index (χ1v) is 14.6. The summed E-state index contributed by atoms with van der Waals surface area (Å²) < 4.78 is 5.70. The van der Waals surface area contributed by atoms with E-state index >= 15 is 0 Å². The minimum atomic E-state index is -0.508. The lowest BCUT2D eigenvalue weighted by Crippen LogP contribution is -2.55. The molecular weight excluding hydrogens is 540 g/mol. The van der Waals surface area contributed by atoms with Crippen LogP contribution in [-0.4, -0.2) is 73.1 Å². The molecule has 2 amide bonds. The maximum atomic E-state index is 13.9. The van der Waals surface area contributed by atoms with Gasteiger partial charge in [0.1, 0.15) is 0 Å². The van der Waals surface area contributed by atoms with E-state index in [9.17, 15) is 9.59 Å². The number of amides is 2. The molecule has 2 fully saturated rings. The third-order valence-electron chi connectivity index (χ3n) is 7.93. The molecule has 0 radical (unpaired) electrons. The molecule has 0 bridgehead atoms. The first kappa shape index (κ1) is 28.7. The van der Waals surface area contributed by atoms with Gasteiger partial charge in [-0.05, 0) is 67.8 Å². The van der Waals surface area contributed by atoms with Crippen molar-refractivity contribution in [3.8, 4) is 17.0 Å². The second kappa shape index (κ2) is 12.4. The van der Waals surface area contributed by atoms with Gasteiger partial charge >= 0.3 is 0 Å². The van der Waals surface area contributed by atoms with Gasteiger partial charge in [-0.3, -0.25) is 9.59 Å². The van der Waals surface area contributed by atoms with Gasteiger partial charge in [0.25, 0.3) is 11.8 Å². The smallest absolute Gasteiger partial charge is 0.256 e. The number of carbonyl (C=O) groups is 2. The van der Waals surface area contributed by atoms with Crippen LogP contribution in [0.15, 0.2) is 54.7 Å². The zero-order valence-electron chi connectivity index (χ0n) is 23.6. The molecule has 9 nitrogen and oxygen atoms in total. The van der Waals surface area contributed by atoms with Crippen LogP contribution in [0.5, 0.6) is 5.88 Å². The minimum absolute atomic E-state index is 0.00462. The lowest BCUT2D eigenvalue weighted by molar-refractivity contribution is 0.0720. The lowest BCUT2D eigenvalue weighted by atomic mass is 9.99. The van der Waals surface area contributed by atoms with Gasteiger partial charge in [-0.2, -0.15) is 0 Å². The zero-order valence-corrected chi connectivity index (χ0v) is 24.3. The van der Waals surface area contributed by atoms with Crippen LogP contribution in [0.2, 0.25) is 5.02 Å². The molecule has 10 heteroatoms. The highest BCUT2D eigenvalue weighted by atomic mass is 35.5. The molecule has 0 saturated carbocycles. The highest BCUT2D eigenvalue weighted by Crippen LogP contribution is 2.35. The van der Waals surface area contributed by atoms with E-state index in [-0.39, 0.29) is 18.0 Å². The number of nitrogens with zero attached hydrogens (tertiary/aromatic N) is 4. The van der Waals surface area contributed by atoms with Crippen molar-refractivity contribution in [2.75, 3.05) is 49.1 Å². The molecule has 0 spiro atoms. The predicted octanol–water partition coefficient (Wildman–Crippen LogP) is 4.18. The summed E-state index contributed by atoms with van der Waals surface area (Å²) in [5, 5.41) is 0.593. The van der Waals surface area contributed by atoms with Crippen molar-refractivity contribution in [1.29, 1.82) is 0 Å². The number of nitrogens with two attached hydrogens (primary N) is 2. The highest BCUT2D eigenvalue weighted by molar-refractivity contribution is 6.31. The van der Waals surface area contributed by atoms with E-state index in [0.29, 0.717) is 54.8 Å². The third kappa shape index (κ3) is 5.96. The van der Waals surface area contributed by atoms with Crippen molar-refractivity contribution in [2.24, 2.45) is 11.5 Å².